The highest BCUT2D eigenvalue weighted by Crippen LogP contribution is 2.08. The Morgan fingerprint density at radius 2 is 1.95 bits per heavy atom. The first-order chi connectivity index (χ1) is 9.54. The van der Waals surface area contributed by atoms with Crippen LogP contribution < -0.4 is 10.4 Å². The Morgan fingerprint density at radius 1 is 1.30 bits per heavy atom. The van der Waals surface area contributed by atoms with Crippen LogP contribution >= 0.6 is 0 Å². The van der Waals surface area contributed by atoms with Gasteiger partial charge in [-0.05, 0) is 39.8 Å². The van der Waals surface area contributed by atoms with Crippen LogP contribution in [0, 0.1) is 12.3 Å². The topological polar surface area (TPSA) is 20.2 Å². The molecule has 0 fully saturated rings. The normalized spacial score (nSPS) is 10.6. The van der Waals surface area contributed by atoms with Gasteiger partial charge in [-0.1, -0.05) is 51.8 Å². The Labute approximate surface area is 122 Å². The van der Waals surface area contributed by atoms with E-state index in [2.05, 4.69) is 25.7 Å². The van der Waals surface area contributed by atoms with Crippen LogP contribution in [0.4, 0.5) is 0 Å². The molecule has 0 amide bonds. The Morgan fingerprint density at radius 3 is 2.50 bits per heavy atom. The molecule has 0 bridgehead atoms. The van der Waals surface area contributed by atoms with Crippen molar-refractivity contribution in [2.75, 3.05) is 0 Å². The van der Waals surface area contributed by atoms with Gasteiger partial charge in [0.2, 0.25) is 0 Å². The van der Waals surface area contributed by atoms with E-state index in [9.17, 15) is 5.11 Å². The van der Waals surface area contributed by atoms with Crippen molar-refractivity contribution in [2.45, 2.75) is 20.3 Å². The van der Waals surface area contributed by atoms with Crippen molar-refractivity contribution >= 4 is 12.7 Å². The molecule has 0 radical (unpaired) electrons. The van der Waals surface area contributed by atoms with Crippen LogP contribution in [-0.4, -0.2) is 5.11 Å². The van der Waals surface area contributed by atoms with Crippen molar-refractivity contribution in [3.63, 3.8) is 0 Å². The molecule has 0 aliphatic carbocycles. The number of allylic oxidation sites excluding steroid dienone is 4. The molecule has 0 aliphatic rings. The lowest BCUT2D eigenvalue weighted by Crippen LogP contribution is -2.22. The van der Waals surface area contributed by atoms with Crippen molar-refractivity contribution in [1.29, 1.82) is 0 Å². The van der Waals surface area contributed by atoms with Gasteiger partial charge in [-0.2, -0.15) is 0 Å². The Kier molecular flexibility index (Phi) is 8.30. The Balaban J connectivity index is 0.00000172. The first kappa shape index (κ1) is 17.5. The predicted octanol–water partition coefficient (Wildman–Crippen LogP) is 3.30. The second-order valence-electron chi connectivity index (χ2n) is 3.89. The molecule has 0 aromatic heterocycles. The Bertz CT molecular complexity index is 639. The van der Waals surface area contributed by atoms with Crippen molar-refractivity contribution in [1.82, 2.24) is 0 Å². The van der Waals surface area contributed by atoms with Gasteiger partial charge in [0, 0.05) is 6.42 Å². The minimum atomic E-state index is 0.204. The molecule has 104 valence electrons. The zero-order valence-electron chi connectivity index (χ0n) is 12.3. The fourth-order valence-corrected chi connectivity index (χ4v) is 1.39. The first-order valence-electron chi connectivity index (χ1n) is 6.52. The number of aromatic hydroxyl groups is 1. The minimum absolute atomic E-state index is 0.204. The molecule has 1 aromatic carbocycles. The summed E-state index contributed by atoms with van der Waals surface area (Å²) in [6.45, 7) is 15.7. The van der Waals surface area contributed by atoms with E-state index in [-0.39, 0.29) is 5.75 Å². The smallest absolute Gasteiger partial charge is 0.116 e. The largest absolute Gasteiger partial charge is 0.508 e. The van der Waals surface area contributed by atoms with Crippen molar-refractivity contribution in [2.24, 2.45) is 0 Å². The molecule has 1 rings (SSSR count). The summed E-state index contributed by atoms with van der Waals surface area (Å²) >= 11 is 0. The quantitative estimate of drug-likeness (QED) is 0.655. The molecular formula is C19H22O. The highest BCUT2D eigenvalue weighted by molar-refractivity contribution is 5.59. The highest BCUT2D eigenvalue weighted by atomic mass is 16.3. The van der Waals surface area contributed by atoms with Crippen molar-refractivity contribution < 1.29 is 5.11 Å². The maximum absolute atomic E-state index is 9.30. The highest BCUT2D eigenvalue weighted by Gasteiger charge is 1.93. The second-order valence-corrected chi connectivity index (χ2v) is 3.89. The molecule has 0 saturated heterocycles. The summed E-state index contributed by atoms with van der Waals surface area (Å²) in [5.74, 6) is 2.73. The summed E-state index contributed by atoms with van der Waals surface area (Å²) < 4.78 is 0. The molecule has 0 aliphatic heterocycles. The van der Waals surface area contributed by atoms with E-state index in [1.54, 1.807) is 18.2 Å². The number of phenolic OH excluding ortho intramolecular Hbond substituents is 1. The standard InChI is InChI=1S/C17H16O.C2H6/c1-5-6-7-8-13(2)14(3)11-16-9-10-17(18)12-15(16)4;1-2/h1,7-12,18H,2-4,6H2;1-2H3/b8-7-,16-11-;. The van der Waals surface area contributed by atoms with Crippen LogP contribution in [-0.2, 0) is 0 Å². The molecule has 0 spiro atoms. The third-order valence-corrected chi connectivity index (χ3v) is 2.42. The maximum Gasteiger partial charge on any atom is 0.116 e. The third kappa shape index (κ3) is 5.93. The van der Waals surface area contributed by atoms with Gasteiger partial charge in [-0.15, -0.1) is 12.3 Å². The molecule has 0 unspecified atom stereocenters. The molecule has 0 atom stereocenters. The van der Waals surface area contributed by atoms with Crippen LogP contribution in [0.15, 0.2) is 54.7 Å². The van der Waals surface area contributed by atoms with Gasteiger partial charge in [-0.3, -0.25) is 0 Å². The SMILES string of the molecule is C#CC/C=C\C(=C)C(=C)/C=c1/ccc(O)cc1=C.CC. The van der Waals surface area contributed by atoms with Gasteiger partial charge in [0.15, 0.2) is 0 Å². The van der Waals surface area contributed by atoms with Crippen LogP contribution in [0.2, 0.25) is 0 Å². The van der Waals surface area contributed by atoms with Gasteiger partial charge >= 0.3 is 0 Å². The summed E-state index contributed by atoms with van der Waals surface area (Å²) in [5.41, 5.74) is 1.59. The summed E-state index contributed by atoms with van der Waals surface area (Å²) in [6.07, 6.45) is 11.3. The van der Waals surface area contributed by atoms with Crippen LogP contribution in [0.25, 0.3) is 12.7 Å². The number of terminal acetylenes is 1. The lowest BCUT2D eigenvalue weighted by molar-refractivity contribution is 0.474. The second kappa shape index (κ2) is 9.47. The molecule has 20 heavy (non-hydrogen) atoms. The van der Waals surface area contributed by atoms with E-state index in [1.165, 1.54) is 0 Å². The zero-order chi connectivity index (χ0) is 15.5. The molecule has 0 saturated carbocycles. The lowest BCUT2D eigenvalue weighted by Gasteiger charge is -1.99. The average molecular weight is 266 g/mol. The van der Waals surface area contributed by atoms with Gasteiger partial charge in [0.25, 0.3) is 0 Å². The minimum Gasteiger partial charge on any atom is -0.508 e. The average Bonchev–Trinajstić information content (AvgIpc) is 2.44. The van der Waals surface area contributed by atoms with Gasteiger partial charge in [0.1, 0.15) is 5.75 Å². The molecule has 1 heteroatoms. The fraction of sp³-hybridized carbons (Fsp3) is 0.158. The first-order valence-corrected chi connectivity index (χ1v) is 6.52. The summed E-state index contributed by atoms with van der Waals surface area (Å²) in [4.78, 5) is 0. The van der Waals surface area contributed by atoms with Gasteiger partial charge in [0.05, 0.1) is 0 Å². The summed E-state index contributed by atoms with van der Waals surface area (Å²) in [5, 5.41) is 11.0. The van der Waals surface area contributed by atoms with E-state index in [0.717, 1.165) is 21.6 Å². The third-order valence-electron chi connectivity index (χ3n) is 2.42. The van der Waals surface area contributed by atoms with Gasteiger partial charge in [-0.25, -0.2) is 0 Å². The molecular weight excluding hydrogens is 244 g/mol. The van der Waals surface area contributed by atoms with Gasteiger partial charge < -0.3 is 5.11 Å². The predicted molar refractivity (Wildman–Crippen MR) is 89.6 cm³/mol. The van der Waals surface area contributed by atoms with E-state index >= 15 is 0 Å². The zero-order valence-corrected chi connectivity index (χ0v) is 12.3. The summed E-state index contributed by atoms with van der Waals surface area (Å²) in [6, 6.07) is 5.02. The van der Waals surface area contributed by atoms with Crippen LogP contribution in [0.1, 0.15) is 20.3 Å². The van der Waals surface area contributed by atoms with E-state index < -0.39 is 0 Å². The number of benzene rings is 1. The summed E-state index contributed by atoms with van der Waals surface area (Å²) in [7, 11) is 0. The van der Waals surface area contributed by atoms with E-state index in [0.29, 0.717) is 6.42 Å². The van der Waals surface area contributed by atoms with Crippen LogP contribution in [0.3, 0.4) is 0 Å². The van der Waals surface area contributed by atoms with E-state index in [1.807, 2.05) is 32.1 Å². The monoisotopic (exact) mass is 266 g/mol. The Hall–Kier alpha value is -2.46. The van der Waals surface area contributed by atoms with Crippen molar-refractivity contribution in [3.05, 3.63) is 65.1 Å². The van der Waals surface area contributed by atoms with Crippen LogP contribution in [0.5, 0.6) is 5.75 Å². The molecule has 1 aromatic rings. The maximum atomic E-state index is 9.30. The molecule has 0 heterocycles. The molecule has 1 nitrogen and oxygen atoms in total. The number of hydrogen-bond donors (Lipinski definition) is 1. The molecule has 1 N–H and O–H groups in total. The number of rotatable bonds is 4. The van der Waals surface area contributed by atoms with Crippen molar-refractivity contribution in [3.8, 4) is 18.1 Å². The fourth-order valence-electron chi connectivity index (χ4n) is 1.39. The number of hydrogen-bond acceptors (Lipinski definition) is 1. The lowest BCUT2D eigenvalue weighted by atomic mass is 10.1. The van der Waals surface area contributed by atoms with E-state index in [4.69, 9.17) is 6.42 Å². The number of phenols is 1.